The molecule has 0 aliphatic heterocycles. The van der Waals surface area contributed by atoms with Crippen LogP contribution in [0.15, 0.2) is 24.3 Å². The van der Waals surface area contributed by atoms with E-state index in [-0.39, 0.29) is 0 Å². The molecule has 0 amide bonds. The predicted octanol–water partition coefficient (Wildman–Crippen LogP) is -1.04. The number of sulfonamides is 1. The summed E-state index contributed by atoms with van der Waals surface area (Å²) >= 11 is 0. The van der Waals surface area contributed by atoms with Crippen molar-refractivity contribution in [2.75, 3.05) is 19.8 Å². The smallest absolute Gasteiger partial charge is 0.216 e. The molecule has 0 aromatic heterocycles. The molecule has 19 heavy (non-hydrogen) atoms. The molecule has 0 atom stereocenters. The first-order valence-electron chi connectivity index (χ1n) is 5.45. The maximum Gasteiger partial charge on any atom is 0.216 e. The summed E-state index contributed by atoms with van der Waals surface area (Å²) in [5, 5.41) is 27.1. The van der Waals surface area contributed by atoms with E-state index >= 15 is 0 Å². The molecule has 4 N–H and O–H groups in total. The van der Waals surface area contributed by atoms with Crippen LogP contribution in [0.4, 0.5) is 4.39 Å². The fourth-order valence-electron chi connectivity index (χ4n) is 1.41. The second-order valence-electron chi connectivity index (χ2n) is 4.24. The van der Waals surface area contributed by atoms with Gasteiger partial charge in [0.1, 0.15) is 11.4 Å². The number of hydrogen-bond donors (Lipinski definition) is 4. The second kappa shape index (κ2) is 6.40. The first-order valence-corrected chi connectivity index (χ1v) is 7.10. The predicted molar refractivity (Wildman–Crippen MR) is 66.1 cm³/mol. The second-order valence-corrected chi connectivity index (χ2v) is 5.96. The molecule has 0 unspecified atom stereocenters. The number of nitrogens with one attached hydrogen (secondary N) is 1. The molecule has 0 aliphatic rings. The monoisotopic (exact) mass is 293 g/mol. The van der Waals surface area contributed by atoms with Crippen molar-refractivity contribution in [1.29, 1.82) is 0 Å². The highest BCUT2D eigenvalue weighted by Gasteiger charge is 2.33. The number of halogens is 1. The first-order chi connectivity index (χ1) is 8.86. The van der Waals surface area contributed by atoms with Gasteiger partial charge in [0.15, 0.2) is 0 Å². The van der Waals surface area contributed by atoms with E-state index in [1.807, 2.05) is 4.72 Å². The summed E-state index contributed by atoms with van der Waals surface area (Å²) in [6.45, 7) is -2.24. The Hall–Kier alpha value is -1.06. The summed E-state index contributed by atoms with van der Waals surface area (Å²) in [5.74, 6) is -0.931. The molecule has 0 heterocycles. The van der Waals surface area contributed by atoms with Crippen molar-refractivity contribution in [2.45, 2.75) is 11.3 Å². The molecule has 0 radical (unpaired) electrons. The summed E-state index contributed by atoms with van der Waals surface area (Å²) < 4.78 is 38.4. The van der Waals surface area contributed by atoms with E-state index in [1.54, 1.807) is 0 Å². The third-order valence-corrected chi connectivity index (χ3v) is 4.01. The van der Waals surface area contributed by atoms with Crippen LogP contribution in [0.3, 0.4) is 0 Å². The minimum atomic E-state index is -3.89. The normalized spacial score (nSPS) is 12.6. The summed E-state index contributed by atoms with van der Waals surface area (Å²) in [4.78, 5) is 0. The molecular formula is C11H16FNO5S. The number of benzene rings is 1. The molecule has 108 valence electrons. The van der Waals surface area contributed by atoms with Crippen LogP contribution in [0.5, 0.6) is 0 Å². The number of hydrogen-bond acceptors (Lipinski definition) is 5. The molecule has 8 heteroatoms. The Kier molecular flexibility index (Phi) is 5.39. The Bertz CT molecular complexity index is 490. The van der Waals surface area contributed by atoms with Crippen molar-refractivity contribution in [3.63, 3.8) is 0 Å². The van der Waals surface area contributed by atoms with E-state index in [2.05, 4.69) is 0 Å². The lowest BCUT2D eigenvalue weighted by Gasteiger charge is -2.28. The van der Waals surface area contributed by atoms with Gasteiger partial charge < -0.3 is 15.3 Å². The van der Waals surface area contributed by atoms with Crippen LogP contribution >= 0.6 is 0 Å². The number of aliphatic hydroxyl groups excluding tert-OH is 3. The van der Waals surface area contributed by atoms with Gasteiger partial charge in [-0.15, -0.1) is 0 Å². The molecule has 0 fully saturated rings. The Labute approximate surface area is 110 Å². The Morgan fingerprint density at radius 2 is 1.53 bits per heavy atom. The first kappa shape index (κ1) is 16.0. The standard InChI is InChI=1S/C11H16FNO5S/c12-10-3-1-9(2-4-10)5-19(17,18)13-11(6-14,7-15)8-16/h1-4,13-16H,5-8H2. The maximum atomic E-state index is 12.7. The van der Waals surface area contributed by atoms with Gasteiger partial charge in [-0.2, -0.15) is 0 Å². The highest BCUT2D eigenvalue weighted by atomic mass is 32.2. The quantitative estimate of drug-likeness (QED) is 0.514. The lowest BCUT2D eigenvalue weighted by Crippen LogP contribution is -2.57. The summed E-state index contributed by atoms with van der Waals surface area (Å²) in [5.41, 5.74) is -1.37. The SMILES string of the molecule is O=S(=O)(Cc1ccc(F)cc1)NC(CO)(CO)CO. The zero-order chi connectivity index (χ0) is 14.5. The third-order valence-electron chi connectivity index (χ3n) is 2.55. The van der Waals surface area contributed by atoms with Crippen LogP contribution < -0.4 is 4.72 Å². The molecule has 1 rings (SSSR count). The summed E-state index contributed by atoms with van der Waals surface area (Å²) in [6, 6.07) is 4.88. The molecule has 1 aromatic carbocycles. The van der Waals surface area contributed by atoms with E-state index < -0.39 is 47.0 Å². The van der Waals surface area contributed by atoms with Crippen LogP contribution in [0.25, 0.3) is 0 Å². The summed E-state index contributed by atoms with van der Waals surface area (Å²) in [7, 11) is -3.89. The average Bonchev–Trinajstić information content (AvgIpc) is 2.39. The molecule has 0 saturated heterocycles. The highest BCUT2D eigenvalue weighted by Crippen LogP contribution is 2.10. The van der Waals surface area contributed by atoms with Crippen molar-refractivity contribution in [3.05, 3.63) is 35.6 Å². The van der Waals surface area contributed by atoms with Gasteiger partial charge in [-0.05, 0) is 17.7 Å². The van der Waals surface area contributed by atoms with Crippen molar-refractivity contribution in [1.82, 2.24) is 4.72 Å². The molecular weight excluding hydrogens is 277 g/mol. The molecule has 6 nitrogen and oxygen atoms in total. The van der Waals surface area contributed by atoms with Crippen LogP contribution in [0.2, 0.25) is 0 Å². The molecule has 1 aromatic rings. The molecule has 0 aliphatic carbocycles. The van der Waals surface area contributed by atoms with Crippen LogP contribution in [-0.2, 0) is 15.8 Å². The van der Waals surface area contributed by atoms with Crippen molar-refractivity contribution in [3.8, 4) is 0 Å². The zero-order valence-corrected chi connectivity index (χ0v) is 10.9. The third kappa shape index (κ3) is 4.51. The Balaban J connectivity index is 2.84. The van der Waals surface area contributed by atoms with Gasteiger partial charge in [-0.25, -0.2) is 17.5 Å². The van der Waals surface area contributed by atoms with Crippen LogP contribution in [-0.4, -0.2) is 49.1 Å². The van der Waals surface area contributed by atoms with E-state index in [0.29, 0.717) is 5.56 Å². The molecule has 0 spiro atoms. The highest BCUT2D eigenvalue weighted by molar-refractivity contribution is 7.88. The number of aliphatic hydroxyl groups is 3. The van der Waals surface area contributed by atoms with E-state index in [9.17, 15) is 12.8 Å². The maximum absolute atomic E-state index is 12.7. The topological polar surface area (TPSA) is 107 Å². The van der Waals surface area contributed by atoms with E-state index in [1.165, 1.54) is 12.1 Å². The largest absolute Gasteiger partial charge is 0.394 e. The van der Waals surface area contributed by atoms with Gasteiger partial charge in [-0.1, -0.05) is 12.1 Å². The van der Waals surface area contributed by atoms with Gasteiger partial charge >= 0.3 is 0 Å². The van der Waals surface area contributed by atoms with E-state index in [0.717, 1.165) is 12.1 Å². The molecule has 0 saturated carbocycles. The van der Waals surface area contributed by atoms with Crippen molar-refractivity contribution in [2.24, 2.45) is 0 Å². The lowest BCUT2D eigenvalue weighted by atomic mass is 10.1. The van der Waals surface area contributed by atoms with Crippen molar-refractivity contribution >= 4 is 10.0 Å². The van der Waals surface area contributed by atoms with E-state index in [4.69, 9.17) is 15.3 Å². The number of rotatable bonds is 7. The van der Waals surface area contributed by atoms with Crippen LogP contribution in [0.1, 0.15) is 5.56 Å². The van der Waals surface area contributed by atoms with Crippen molar-refractivity contribution < 1.29 is 28.1 Å². The lowest BCUT2D eigenvalue weighted by molar-refractivity contribution is 0.0581. The van der Waals surface area contributed by atoms with Gasteiger partial charge in [-0.3, -0.25) is 0 Å². The molecule has 0 bridgehead atoms. The average molecular weight is 293 g/mol. The summed E-state index contributed by atoms with van der Waals surface area (Å²) in [6.07, 6.45) is 0. The zero-order valence-electron chi connectivity index (χ0n) is 10.1. The fourth-order valence-corrected chi connectivity index (χ4v) is 2.97. The fraction of sp³-hybridized carbons (Fsp3) is 0.455. The Morgan fingerprint density at radius 1 is 1.05 bits per heavy atom. The van der Waals surface area contributed by atoms with Gasteiger partial charge in [0.05, 0.1) is 25.6 Å². The Morgan fingerprint density at radius 3 is 1.95 bits per heavy atom. The van der Waals surface area contributed by atoms with Crippen LogP contribution in [0, 0.1) is 5.82 Å². The van der Waals surface area contributed by atoms with Gasteiger partial charge in [0.2, 0.25) is 10.0 Å². The minimum absolute atomic E-state index is 0.344. The minimum Gasteiger partial charge on any atom is -0.394 e. The van der Waals surface area contributed by atoms with Gasteiger partial charge in [0, 0.05) is 0 Å². The van der Waals surface area contributed by atoms with Gasteiger partial charge in [0.25, 0.3) is 0 Å².